The number of phenols is 1. The molecular weight excluding hydrogens is 298 g/mol. The molecule has 3 aromatic rings. The standard InChI is InChI=1S/C15H13N5O3/c16-8-12-14(9-3-5-17-6-4-9)20(19-18-12)10-1-2-13(21)11(7-10)15(22)23/h1-7,21H,8,16H2,(H,22,23). The predicted octanol–water partition coefficient (Wildman–Crippen LogP) is 1.19. The van der Waals surface area contributed by atoms with E-state index in [4.69, 9.17) is 10.8 Å². The third kappa shape index (κ3) is 2.62. The van der Waals surface area contributed by atoms with E-state index in [1.807, 2.05) is 0 Å². The van der Waals surface area contributed by atoms with Gasteiger partial charge in [-0.3, -0.25) is 4.98 Å². The third-order valence-corrected chi connectivity index (χ3v) is 3.34. The Bertz CT molecular complexity index is 861. The molecule has 0 atom stereocenters. The molecule has 0 spiro atoms. The zero-order chi connectivity index (χ0) is 16.4. The Kier molecular flexibility index (Phi) is 3.73. The van der Waals surface area contributed by atoms with E-state index in [2.05, 4.69) is 15.3 Å². The Hall–Kier alpha value is -3.26. The second-order valence-electron chi connectivity index (χ2n) is 4.74. The summed E-state index contributed by atoms with van der Waals surface area (Å²) in [5, 5.41) is 26.9. The summed E-state index contributed by atoms with van der Waals surface area (Å²) in [6.45, 7) is 0.182. The smallest absolute Gasteiger partial charge is 0.339 e. The second-order valence-corrected chi connectivity index (χ2v) is 4.74. The molecule has 0 radical (unpaired) electrons. The van der Waals surface area contributed by atoms with Crippen LogP contribution in [0.2, 0.25) is 0 Å². The highest BCUT2D eigenvalue weighted by Gasteiger charge is 2.17. The van der Waals surface area contributed by atoms with Crippen molar-refractivity contribution in [3.8, 4) is 22.7 Å². The van der Waals surface area contributed by atoms with Crippen molar-refractivity contribution in [2.45, 2.75) is 6.54 Å². The van der Waals surface area contributed by atoms with Crippen LogP contribution in [0.1, 0.15) is 16.1 Å². The highest BCUT2D eigenvalue weighted by Crippen LogP contribution is 2.27. The molecule has 1 aromatic carbocycles. The van der Waals surface area contributed by atoms with E-state index in [0.29, 0.717) is 17.1 Å². The number of aromatic hydroxyl groups is 1. The van der Waals surface area contributed by atoms with E-state index < -0.39 is 5.97 Å². The monoisotopic (exact) mass is 311 g/mol. The Balaban J connectivity index is 2.20. The molecule has 0 aliphatic heterocycles. The SMILES string of the molecule is NCc1nnn(-c2ccc(O)c(C(=O)O)c2)c1-c1ccncc1. The van der Waals surface area contributed by atoms with Gasteiger partial charge in [-0.15, -0.1) is 5.10 Å². The minimum absolute atomic E-state index is 0.182. The number of pyridine rings is 1. The maximum absolute atomic E-state index is 11.2. The summed E-state index contributed by atoms with van der Waals surface area (Å²) < 4.78 is 1.49. The van der Waals surface area contributed by atoms with Gasteiger partial charge in [0.15, 0.2) is 0 Å². The van der Waals surface area contributed by atoms with E-state index in [1.54, 1.807) is 30.6 Å². The molecule has 3 rings (SSSR count). The van der Waals surface area contributed by atoms with Crippen LogP contribution in [0, 0.1) is 0 Å². The molecule has 0 amide bonds. The van der Waals surface area contributed by atoms with Crippen molar-refractivity contribution in [3.63, 3.8) is 0 Å². The van der Waals surface area contributed by atoms with Gasteiger partial charge in [-0.2, -0.15) is 0 Å². The molecule has 0 unspecified atom stereocenters. The Morgan fingerprint density at radius 3 is 2.61 bits per heavy atom. The first-order valence-electron chi connectivity index (χ1n) is 6.73. The lowest BCUT2D eigenvalue weighted by Gasteiger charge is -2.09. The number of rotatable bonds is 4. The van der Waals surface area contributed by atoms with E-state index in [0.717, 1.165) is 5.56 Å². The van der Waals surface area contributed by atoms with Crippen LogP contribution >= 0.6 is 0 Å². The number of benzene rings is 1. The minimum atomic E-state index is -1.23. The van der Waals surface area contributed by atoms with Crippen LogP contribution < -0.4 is 5.73 Å². The van der Waals surface area contributed by atoms with Crippen molar-refractivity contribution >= 4 is 5.97 Å². The molecule has 8 heteroatoms. The van der Waals surface area contributed by atoms with Crippen LogP contribution in [0.3, 0.4) is 0 Å². The van der Waals surface area contributed by atoms with E-state index in [9.17, 15) is 9.90 Å². The maximum atomic E-state index is 11.2. The molecule has 0 aliphatic carbocycles. The van der Waals surface area contributed by atoms with Crippen molar-refractivity contribution in [3.05, 3.63) is 54.0 Å². The number of aromatic nitrogens is 4. The molecular formula is C15H13N5O3. The first kappa shape index (κ1) is 14.7. The van der Waals surface area contributed by atoms with Gasteiger partial charge in [0.1, 0.15) is 17.0 Å². The van der Waals surface area contributed by atoms with Gasteiger partial charge in [-0.05, 0) is 30.3 Å². The zero-order valence-corrected chi connectivity index (χ0v) is 11.9. The summed E-state index contributed by atoms with van der Waals surface area (Å²) in [7, 11) is 0. The maximum Gasteiger partial charge on any atom is 0.339 e. The number of aromatic carboxylic acids is 1. The number of hydrogen-bond acceptors (Lipinski definition) is 6. The largest absolute Gasteiger partial charge is 0.507 e. The lowest BCUT2D eigenvalue weighted by molar-refractivity contribution is 0.0693. The summed E-state index contributed by atoms with van der Waals surface area (Å²) in [4.78, 5) is 15.2. The van der Waals surface area contributed by atoms with Gasteiger partial charge in [-0.25, -0.2) is 9.48 Å². The number of carboxylic acid groups (broad SMARTS) is 1. The molecule has 2 heterocycles. The Morgan fingerprint density at radius 1 is 1.22 bits per heavy atom. The summed E-state index contributed by atoms with van der Waals surface area (Å²) >= 11 is 0. The number of nitrogens with zero attached hydrogens (tertiary/aromatic N) is 4. The normalized spacial score (nSPS) is 10.7. The number of carboxylic acids is 1. The molecule has 8 nitrogen and oxygen atoms in total. The summed E-state index contributed by atoms with van der Waals surface area (Å²) in [6.07, 6.45) is 3.26. The molecule has 0 saturated heterocycles. The average Bonchev–Trinajstić information content (AvgIpc) is 2.99. The molecule has 4 N–H and O–H groups in total. The summed E-state index contributed by atoms with van der Waals surface area (Å²) in [5.41, 5.74) is 7.98. The molecule has 0 bridgehead atoms. The van der Waals surface area contributed by atoms with Gasteiger partial charge in [0.05, 0.1) is 11.4 Å². The molecule has 2 aromatic heterocycles. The van der Waals surface area contributed by atoms with Crippen LogP contribution in [0.25, 0.3) is 16.9 Å². The fraction of sp³-hybridized carbons (Fsp3) is 0.0667. The lowest BCUT2D eigenvalue weighted by atomic mass is 10.1. The molecule has 0 fully saturated rings. The van der Waals surface area contributed by atoms with Crippen LogP contribution in [-0.4, -0.2) is 36.2 Å². The van der Waals surface area contributed by atoms with E-state index >= 15 is 0 Å². The first-order valence-corrected chi connectivity index (χ1v) is 6.73. The van der Waals surface area contributed by atoms with Crippen LogP contribution in [0.15, 0.2) is 42.7 Å². The quantitative estimate of drug-likeness (QED) is 0.660. The van der Waals surface area contributed by atoms with Crippen LogP contribution in [-0.2, 0) is 6.54 Å². The molecule has 116 valence electrons. The number of nitrogens with two attached hydrogens (primary N) is 1. The van der Waals surface area contributed by atoms with Crippen molar-refractivity contribution in [1.29, 1.82) is 0 Å². The van der Waals surface area contributed by atoms with Gasteiger partial charge in [-0.1, -0.05) is 5.21 Å². The van der Waals surface area contributed by atoms with Gasteiger partial charge >= 0.3 is 5.97 Å². The van der Waals surface area contributed by atoms with Crippen LogP contribution in [0.4, 0.5) is 0 Å². The van der Waals surface area contributed by atoms with Gasteiger partial charge in [0.25, 0.3) is 0 Å². The average molecular weight is 311 g/mol. The summed E-state index contributed by atoms with van der Waals surface area (Å²) in [6, 6.07) is 7.76. The third-order valence-electron chi connectivity index (χ3n) is 3.34. The number of carbonyl (C=O) groups is 1. The lowest BCUT2D eigenvalue weighted by Crippen LogP contribution is -2.04. The Morgan fingerprint density at radius 2 is 1.96 bits per heavy atom. The van der Waals surface area contributed by atoms with Crippen molar-refractivity contribution in [2.24, 2.45) is 5.73 Å². The van der Waals surface area contributed by atoms with Gasteiger partial charge in [0, 0.05) is 24.5 Å². The minimum Gasteiger partial charge on any atom is -0.507 e. The zero-order valence-electron chi connectivity index (χ0n) is 11.9. The number of hydrogen-bond donors (Lipinski definition) is 3. The Labute approximate surface area is 130 Å². The summed E-state index contributed by atoms with van der Waals surface area (Å²) in [5.74, 6) is -1.54. The van der Waals surface area contributed by atoms with Gasteiger partial charge < -0.3 is 15.9 Å². The molecule has 0 saturated carbocycles. The first-order chi connectivity index (χ1) is 11.1. The van der Waals surface area contributed by atoms with Crippen molar-refractivity contribution in [2.75, 3.05) is 0 Å². The highest BCUT2D eigenvalue weighted by molar-refractivity contribution is 5.91. The highest BCUT2D eigenvalue weighted by atomic mass is 16.4. The van der Waals surface area contributed by atoms with Crippen molar-refractivity contribution in [1.82, 2.24) is 20.0 Å². The topological polar surface area (TPSA) is 127 Å². The fourth-order valence-electron chi connectivity index (χ4n) is 2.26. The molecule has 0 aliphatic rings. The second kappa shape index (κ2) is 5.85. The predicted molar refractivity (Wildman–Crippen MR) is 81.1 cm³/mol. The van der Waals surface area contributed by atoms with E-state index in [-0.39, 0.29) is 17.9 Å². The van der Waals surface area contributed by atoms with E-state index in [1.165, 1.54) is 16.8 Å². The van der Waals surface area contributed by atoms with Gasteiger partial charge in [0.2, 0.25) is 0 Å². The molecule has 23 heavy (non-hydrogen) atoms. The van der Waals surface area contributed by atoms with Crippen molar-refractivity contribution < 1.29 is 15.0 Å². The van der Waals surface area contributed by atoms with Crippen LogP contribution in [0.5, 0.6) is 5.75 Å². The fourth-order valence-corrected chi connectivity index (χ4v) is 2.26.